The monoisotopic (exact) mass is 315 g/mol. The Bertz CT molecular complexity index is 587. The van der Waals surface area contributed by atoms with Gasteiger partial charge in [-0.3, -0.25) is 0 Å². The normalized spacial score (nSPS) is 10.5. The van der Waals surface area contributed by atoms with E-state index in [4.69, 9.17) is 45.3 Å². The Hall–Kier alpha value is -0.930. The van der Waals surface area contributed by atoms with Gasteiger partial charge in [-0.2, -0.15) is 0 Å². The van der Waals surface area contributed by atoms with Crippen molar-refractivity contribution in [2.75, 3.05) is 6.54 Å². The number of benzene rings is 2. The van der Waals surface area contributed by atoms with Crippen LogP contribution in [-0.2, 0) is 6.42 Å². The van der Waals surface area contributed by atoms with E-state index in [2.05, 4.69) is 0 Å². The summed E-state index contributed by atoms with van der Waals surface area (Å²) in [5.41, 5.74) is 6.54. The number of hydrogen-bond donors (Lipinski definition) is 1. The molecule has 100 valence electrons. The molecule has 0 saturated carbocycles. The lowest BCUT2D eigenvalue weighted by atomic mass is 10.1. The molecule has 0 atom stereocenters. The highest BCUT2D eigenvalue weighted by atomic mass is 35.5. The SMILES string of the molecule is NCCc1cc(Cl)ccc1Oc1ccc(Cl)c(Cl)c1. The van der Waals surface area contributed by atoms with Crippen LogP contribution in [0.2, 0.25) is 15.1 Å². The molecule has 0 aliphatic heterocycles. The second-order valence-corrected chi connectivity index (χ2v) is 5.22. The summed E-state index contributed by atoms with van der Waals surface area (Å²) in [5.74, 6) is 1.34. The fraction of sp³-hybridized carbons (Fsp3) is 0.143. The van der Waals surface area contributed by atoms with E-state index in [9.17, 15) is 0 Å². The van der Waals surface area contributed by atoms with E-state index >= 15 is 0 Å². The molecule has 0 aromatic heterocycles. The number of nitrogens with two attached hydrogens (primary N) is 1. The average molecular weight is 317 g/mol. The van der Waals surface area contributed by atoms with Crippen LogP contribution in [0.25, 0.3) is 0 Å². The first-order valence-corrected chi connectivity index (χ1v) is 6.85. The summed E-state index contributed by atoms with van der Waals surface area (Å²) in [6.07, 6.45) is 0.692. The van der Waals surface area contributed by atoms with E-state index in [1.54, 1.807) is 24.3 Å². The summed E-state index contributed by atoms with van der Waals surface area (Å²) < 4.78 is 5.80. The zero-order valence-electron chi connectivity index (χ0n) is 10.00. The molecular formula is C14H12Cl3NO. The van der Waals surface area contributed by atoms with Gasteiger partial charge in [-0.25, -0.2) is 0 Å². The summed E-state index contributed by atoms with van der Waals surface area (Å²) in [7, 11) is 0. The molecular weight excluding hydrogens is 305 g/mol. The standard InChI is InChI=1S/C14H12Cl3NO/c15-10-1-4-14(9(7-10)5-6-18)19-11-2-3-12(16)13(17)8-11/h1-4,7-8H,5-6,18H2. The van der Waals surface area contributed by atoms with Crippen LogP contribution < -0.4 is 10.5 Å². The van der Waals surface area contributed by atoms with Crippen molar-refractivity contribution in [2.45, 2.75) is 6.42 Å². The highest BCUT2D eigenvalue weighted by molar-refractivity contribution is 6.42. The van der Waals surface area contributed by atoms with Crippen LogP contribution in [0.15, 0.2) is 36.4 Å². The third kappa shape index (κ3) is 3.77. The number of halogens is 3. The molecule has 0 bridgehead atoms. The van der Waals surface area contributed by atoms with E-state index in [0.29, 0.717) is 39.5 Å². The molecule has 0 aliphatic rings. The number of hydrogen-bond acceptors (Lipinski definition) is 2. The third-order valence-electron chi connectivity index (χ3n) is 2.56. The number of rotatable bonds is 4. The minimum absolute atomic E-state index is 0.452. The van der Waals surface area contributed by atoms with Gasteiger partial charge < -0.3 is 10.5 Å². The molecule has 0 fully saturated rings. The van der Waals surface area contributed by atoms with Gasteiger partial charge in [0.2, 0.25) is 0 Å². The molecule has 0 heterocycles. The van der Waals surface area contributed by atoms with Crippen molar-refractivity contribution < 1.29 is 4.74 Å². The highest BCUT2D eigenvalue weighted by Gasteiger charge is 2.07. The third-order valence-corrected chi connectivity index (χ3v) is 3.53. The zero-order chi connectivity index (χ0) is 13.8. The Morgan fingerprint density at radius 1 is 0.947 bits per heavy atom. The summed E-state index contributed by atoms with van der Waals surface area (Å²) >= 11 is 17.8. The Kier molecular flexibility index (Phi) is 4.94. The summed E-state index contributed by atoms with van der Waals surface area (Å²) in [6.45, 7) is 0.526. The average Bonchev–Trinajstić information content (AvgIpc) is 2.37. The Morgan fingerprint density at radius 3 is 2.42 bits per heavy atom. The molecule has 0 spiro atoms. The van der Waals surface area contributed by atoms with Crippen molar-refractivity contribution in [1.82, 2.24) is 0 Å². The highest BCUT2D eigenvalue weighted by Crippen LogP contribution is 2.32. The smallest absolute Gasteiger partial charge is 0.130 e. The van der Waals surface area contributed by atoms with Gasteiger partial charge in [0, 0.05) is 11.1 Å². The van der Waals surface area contributed by atoms with E-state index in [-0.39, 0.29) is 0 Å². The van der Waals surface area contributed by atoms with Crippen LogP contribution >= 0.6 is 34.8 Å². The Morgan fingerprint density at radius 2 is 1.74 bits per heavy atom. The molecule has 2 aromatic carbocycles. The molecule has 2 N–H and O–H groups in total. The largest absolute Gasteiger partial charge is 0.457 e. The fourth-order valence-corrected chi connectivity index (χ4v) is 2.15. The maximum atomic E-state index is 5.97. The summed E-state index contributed by atoms with van der Waals surface area (Å²) in [4.78, 5) is 0. The maximum Gasteiger partial charge on any atom is 0.130 e. The molecule has 2 nitrogen and oxygen atoms in total. The van der Waals surface area contributed by atoms with Gasteiger partial charge in [0.15, 0.2) is 0 Å². The van der Waals surface area contributed by atoms with Gasteiger partial charge in [-0.15, -0.1) is 0 Å². The number of ether oxygens (including phenoxy) is 1. The molecule has 2 rings (SSSR count). The van der Waals surface area contributed by atoms with Gasteiger partial charge in [-0.05, 0) is 48.9 Å². The van der Waals surface area contributed by atoms with E-state index < -0.39 is 0 Å². The first-order valence-electron chi connectivity index (χ1n) is 5.71. The lowest BCUT2D eigenvalue weighted by Gasteiger charge is -2.11. The van der Waals surface area contributed by atoms with Gasteiger partial charge in [0.1, 0.15) is 11.5 Å². The van der Waals surface area contributed by atoms with Crippen LogP contribution in [0.5, 0.6) is 11.5 Å². The van der Waals surface area contributed by atoms with Crippen LogP contribution in [0.3, 0.4) is 0 Å². The van der Waals surface area contributed by atoms with Gasteiger partial charge in [0.25, 0.3) is 0 Å². The Labute approximate surface area is 127 Å². The first kappa shape index (κ1) is 14.5. The van der Waals surface area contributed by atoms with Crippen LogP contribution in [0, 0.1) is 0 Å². The van der Waals surface area contributed by atoms with Crippen molar-refractivity contribution >= 4 is 34.8 Å². The molecule has 0 saturated heterocycles. The lowest BCUT2D eigenvalue weighted by molar-refractivity contribution is 0.476. The van der Waals surface area contributed by atoms with Crippen LogP contribution in [0.4, 0.5) is 0 Å². The Balaban J connectivity index is 2.29. The molecule has 0 radical (unpaired) electrons. The maximum absolute atomic E-state index is 5.97. The molecule has 0 amide bonds. The molecule has 0 unspecified atom stereocenters. The second-order valence-electron chi connectivity index (χ2n) is 3.97. The quantitative estimate of drug-likeness (QED) is 0.867. The van der Waals surface area contributed by atoms with Crippen molar-refractivity contribution in [3.05, 3.63) is 57.0 Å². The predicted octanol–water partition coefficient (Wildman–Crippen LogP) is 4.94. The molecule has 19 heavy (non-hydrogen) atoms. The van der Waals surface area contributed by atoms with E-state index in [0.717, 1.165) is 5.56 Å². The molecule has 2 aromatic rings. The molecule has 0 aliphatic carbocycles. The predicted molar refractivity (Wildman–Crippen MR) is 80.7 cm³/mol. The summed E-state index contributed by atoms with van der Waals surface area (Å²) in [5, 5.41) is 1.60. The van der Waals surface area contributed by atoms with E-state index in [1.165, 1.54) is 0 Å². The van der Waals surface area contributed by atoms with Gasteiger partial charge in [0.05, 0.1) is 10.0 Å². The van der Waals surface area contributed by atoms with Crippen molar-refractivity contribution in [3.63, 3.8) is 0 Å². The fourth-order valence-electron chi connectivity index (χ4n) is 1.67. The lowest BCUT2D eigenvalue weighted by Crippen LogP contribution is -2.04. The minimum Gasteiger partial charge on any atom is -0.457 e. The topological polar surface area (TPSA) is 35.2 Å². The first-order chi connectivity index (χ1) is 9.10. The summed E-state index contributed by atoms with van der Waals surface area (Å²) in [6, 6.07) is 10.6. The van der Waals surface area contributed by atoms with Crippen molar-refractivity contribution in [1.29, 1.82) is 0 Å². The van der Waals surface area contributed by atoms with E-state index in [1.807, 2.05) is 12.1 Å². The minimum atomic E-state index is 0.452. The zero-order valence-corrected chi connectivity index (χ0v) is 12.3. The van der Waals surface area contributed by atoms with Crippen LogP contribution in [-0.4, -0.2) is 6.54 Å². The molecule has 5 heteroatoms. The van der Waals surface area contributed by atoms with Crippen molar-refractivity contribution in [2.24, 2.45) is 5.73 Å². The van der Waals surface area contributed by atoms with Crippen molar-refractivity contribution in [3.8, 4) is 11.5 Å². The second kappa shape index (κ2) is 6.49. The van der Waals surface area contributed by atoms with Gasteiger partial charge >= 0.3 is 0 Å². The van der Waals surface area contributed by atoms with Crippen LogP contribution in [0.1, 0.15) is 5.56 Å². The van der Waals surface area contributed by atoms with Gasteiger partial charge in [-0.1, -0.05) is 34.8 Å².